The van der Waals surface area contributed by atoms with Crippen LogP contribution in [0.25, 0.3) is 11.3 Å². The number of carbonyl (C=O) groups excluding carboxylic acids is 1. The first kappa shape index (κ1) is 12.9. The van der Waals surface area contributed by atoms with Crippen LogP contribution in [-0.4, -0.2) is 16.3 Å². The van der Waals surface area contributed by atoms with Crippen LogP contribution in [0.5, 0.6) is 5.75 Å². The van der Waals surface area contributed by atoms with Gasteiger partial charge in [0.05, 0.1) is 5.69 Å². The van der Waals surface area contributed by atoms with Crippen molar-refractivity contribution in [2.24, 2.45) is 0 Å². The molecule has 0 bridgehead atoms. The number of H-pyrrole nitrogens is 1. The van der Waals surface area contributed by atoms with E-state index in [0.717, 1.165) is 11.3 Å². The lowest BCUT2D eigenvalue weighted by Crippen LogP contribution is -2.16. The number of aromatic nitrogens is 2. The van der Waals surface area contributed by atoms with Gasteiger partial charge < -0.3 is 4.74 Å². The Balaban J connectivity index is 1.66. The lowest BCUT2D eigenvalue weighted by atomic mass is 10.2. The molecule has 1 amide bonds. The van der Waals surface area contributed by atoms with Crippen molar-refractivity contribution in [3.8, 4) is 17.0 Å². The molecule has 5 heteroatoms. The van der Waals surface area contributed by atoms with Crippen molar-refractivity contribution in [2.45, 2.75) is 0 Å². The van der Waals surface area contributed by atoms with Crippen LogP contribution in [0.2, 0.25) is 0 Å². The van der Waals surface area contributed by atoms with Crippen LogP contribution in [0.15, 0.2) is 66.7 Å². The van der Waals surface area contributed by atoms with Crippen molar-refractivity contribution in [3.63, 3.8) is 0 Å². The second kappa shape index (κ2) is 5.92. The van der Waals surface area contributed by atoms with E-state index >= 15 is 0 Å². The number of aromatic amines is 1. The molecular formula is C16H13N3O2. The quantitative estimate of drug-likeness (QED) is 0.768. The van der Waals surface area contributed by atoms with E-state index in [9.17, 15) is 4.79 Å². The molecule has 1 heterocycles. The van der Waals surface area contributed by atoms with Crippen molar-refractivity contribution in [3.05, 3.63) is 66.7 Å². The van der Waals surface area contributed by atoms with Crippen molar-refractivity contribution in [1.82, 2.24) is 10.2 Å². The fourth-order valence-electron chi connectivity index (χ4n) is 1.88. The van der Waals surface area contributed by atoms with Crippen LogP contribution in [0.1, 0.15) is 0 Å². The number of rotatable bonds is 3. The fourth-order valence-corrected chi connectivity index (χ4v) is 1.88. The van der Waals surface area contributed by atoms with Gasteiger partial charge in [-0.1, -0.05) is 48.5 Å². The minimum absolute atomic E-state index is 0.412. The van der Waals surface area contributed by atoms with Crippen LogP contribution < -0.4 is 10.1 Å². The number of para-hydroxylation sites is 1. The summed E-state index contributed by atoms with van der Waals surface area (Å²) in [4.78, 5) is 11.7. The molecule has 0 fully saturated rings. The molecule has 0 saturated carbocycles. The Labute approximate surface area is 121 Å². The lowest BCUT2D eigenvalue weighted by molar-refractivity contribution is 0.215. The highest BCUT2D eigenvalue weighted by Gasteiger charge is 2.08. The third-order valence-corrected chi connectivity index (χ3v) is 2.85. The molecule has 0 atom stereocenters. The summed E-state index contributed by atoms with van der Waals surface area (Å²) in [5, 5.41) is 9.49. The number of amides is 1. The fraction of sp³-hybridized carbons (Fsp3) is 0. The van der Waals surface area contributed by atoms with Gasteiger partial charge in [-0.25, -0.2) is 4.79 Å². The van der Waals surface area contributed by atoms with E-state index in [2.05, 4.69) is 15.5 Å². The van der Waals surface area contributed by atoms with Gasteiger partial charge in [0.2, 0.25) is 0 Å². The third kappa shape index (κ3) is 3.27. The van der Waals surface area contributed by atoms with Gasteiger partial charge in [-0.3, -0.25) is 10.4 Å². The Morgan fingerprint density at radius 3 is 2.38 bits per heavy atom. The maximum Gasteiger partial charge on any atom is 0.418 e. The zero-order chi connectivity index (χ0) is 14.5. The van der Waals surface area contributed by atoms with Crippen molar-refractivity contribution in [1.29, 1.82) is 0 Å². The maximum atomic E-state index is 11.7. The minimum Gasteiger partial charge on any atom is -0.410 e. The molecule has 3 aromatic rings. The number of anilines is 1. The average molecular weight is 279 g/mol. The van der Waals surface area contributed by atoms with Crippen molar-refractivity contribution in [2.75, 3.05) is 5.32 Å². The summed E-state index contributed by atoms with van der Waals surface area (Å²) in [7, 11) is 0. The van der Waals surface area contributed by atoms with Gasteiger partial charge in [0.25, 0.3) is 0 Å². The van der Waals surface area contributed by atoms with E-state index in [0.29, 0.717) is 11.6 Å². The Hall–Kier alpha value is -3.08. The summed E-state index contributed by atoms with van der Waals surface area (Å²) in [6, 6.07) is 20.3. The molecular weight excluding hydrogens is 266 g/mol. The van der Waals surface area contributed by atoms with Gasteiger partial charge in [0.15, 0.2) is 5.82 Å². The van der Waals surface area contributed by atoms with Crippen molar-refractivity contribution >= 4 is 11.9 Å². The van der Waals surface area contributed by atoms with Crippen LogP contribution in [0, 0.1) is 0 Å². The van der Waals surface area contributed by atoms with Crippen LogP contribution in [0.4, 0.5) is 10.6 Å². The molecule has 0 saturated heterocycles. The van der Waals surface area contributed by atoms with Crippen LogP contribution >= 0.6 is 0 Å². The maximum absolute atomic E-state index is 11.7. The van der Waals surface area contributed by atoms with Gasteiger partial charge in [0, 0.05) is 6.07 Å². The molecule has 0 spiro atoms. The van der Waals surface area contributed by atoms with E-state index in [1.807, 2.05) is 36.4 Å². The normalized spacial score (nSPS) is 10.1. The van der Waals surface area contributed by atoms with Crippen LogP contribution in [-0.2, 0) is 0 Å². The summed E-state index contributed by atoms with van der Waals surface area (Å²) < 4.78 is 5.13. The highest BCUT2D eigenvalue weighted by Crippen LogP contribution is 2.19. The Morgan fingerprint density at radius 2 is 1.67 bits per heavy atom. The molecule has 0 unspecified atom stereocenters. The smallest absolute Gasteiger partial charge is 0.410 e. The standard InChI is InChI=1S/C16H13N3O2/c20-16(21-13-9-5-2-6-10-13)17-15-11-14(18-19-15)12-7-3-1-4-8-12/h1-11H,(H2,17,18,19,20). The predicted molar refractivity (Wildman–Crippen MR) is 80.1 cm³/mol. The number of benzene rings is 2. The molecule has 0 aliphatic rings. The highest BCUT2D eigenvalue weighted by atomic mass is 16.6. The van der Waals surface area contributed by atoms with Gasteiger partial charge in [-0.2, -0.15) is 5.10 Å². The predicted octanol–water partition coefficient (Wildman–Crippen LogP) is 3.69. The second-order valence-corrected chi connectivity index (χ2v) is 4.36. The number of hydrogen-bond acceptors (Lipinski definition) is 3. The molecule has 0 radical (unpaired) electrons. The molecule has 21 heavy (non-hydrogen) atoms. The van der Waals surface area contributed by atoms with Crippen LogP contribution in [0.3, 0.4) is 0 Å². The van der Waals surface area contributed by atoms with E-state index in [1.54, 1.807) is 30.3 Å². The molecule has 2 aromatic carbocycles. The molecule has 3 rings (SSSR count). The highest BCUT2D eigenvalue weighted by molar-refractivity contribution is 5.85. The first-order chi connectivity index (χ1) is 10.3. The largest absolute Gasteiger partial charge is 0.418 e. The summed E-state index contributed by atoms with van der Waals surface area (Å²) in [5.41, 5.74) is 1.82. The van der Waals surface area contributed by atoms with Gasteiger partial charge in [0.1, 0.15) is 5.75 Å². The Bertz CT molecular complexity index is 724. The first-order valence-electron chi connectivity index (χ1n) is 6.46. The van der Waals surface area contributed by atoms with E-state index < -0.39 is 6.09 Å². The molecule has 1 aromatic heterocycles. The summed E-state index contributed by atoms with van der Waals surface area (Å²) in [5.74, 6) is 0.892. The zero-order valence-corrected chi connectivity index (χ0v) is 11.1. The molecule has 0 aliphatic carbocycles. The molecule has 2 N–H and O–H groups in total. The summed E-state index contributed by atoms with van der Waals surface area (Å²) in [6.07, 6.45) is -0.577. The SMILES string of the molecule is O=C(Nc1cc(-c2ccccc2)[nH]n1)Oc1ccccc1. The third-order valence-electron chi connectivity index (χ3n) is 2.85. The Morgan fingerprint density at radius 1 is 1.00 bits per heavy atom. The number of nitrogens with zero attached hydrogens (tertiary/aromatic N) is 1. The second-order valence-electron chi connectivity index (χ2n) is 4.36. The molecule has 104 valence electrons. The monoisotopic (exact) mass is 279 g/mol. The first-order valence-corrected chi connectivity index (χ1v) is 6.46. The number of hydrogen-bond donors (Lipinski definition) is 2. The van der Waals surface area contributed by atoms with E-state index in [1.165, 1.54) is 0 Å². The minimum atomic E-state index is -0.577. The number of ether oxygens (including phenoxy) is 1. The summed E-state index contributed by atoms with van der Waals surface area (Å²) in [6.45, 7) is 0. The zero-order valence-electron chi connectivity index (χ0n) is 11.1. The number of carbonyl (C=O) groups is 1. The average Bonchev–Trinajstić information content (AvgIpc) is 2.97. The Kier molecular flexibility index (Phi) is 3.64. The van der Waals surface area contributed by atoms with Gasteiger partial charge >= 0.3 is 6.09 Å². The lowest BCUT2D eigenvalue weighted by Gasteiger charge is -2.03. The summed E-state index contributed by atoms with van der Waals surface area (Å²) >= 11 is 0. The van der Waals surface area contributed by atoms with Gasteiger partial charge in [-0.15, -0.1) is 0 Å². The number of nitrogens with one attached hydrogen (secondary N) is 2. The van der Waals surface area contributed by atoms with E-state index in [4.69, 9.17) is 4.74 Å². The molecule has 5 nitrogen and oxygen atoms in total. The molecule has 0 aliphatic heterocycles. The van der Waals surface area contributed by atoms with Gasteiger partial charge in [-0.05, 0) is 17.7 Å². The topological polar surface area (TPSA) is 67.0 Å². The van der Waals surface area contributed by atoms with E-state index in [-0.39, 0.29) is 0 Å². The van der Waals surface area contributed by atoms with Crippen molar-refractivity contribution < 1.29 is 9.53 Å².